The summed E-state index contributed by atoms with van der Waals surface area (Å²) in [7, 11) is 0. The zero-order valence-electron chi connectivity index (χ0n) is 12.6. The van der Waals surface area contributed by atoms with Gasteiger partial charge in [-0.25, -0.2) is 0 Å². The second-order valence-corrected chi connectivity index (χ2v) is 6.26. The number of likely N-dealkylation sites (tertiary alicyclic amines) is 1. The van der Waals surface area contributed by atoms with Gasteiger partial charge in [-0.3, -0.25) is 14.7 Å². The van der Waals surface area contributed by atoms with E-state index >= 15 is 0 Å². The van der Waals surface area contributed by atoms with E-state index in [0.29, 0.717) is 36.4 Å². The van der Waals surface area contributed by atoms with Crippen LogP contribution in [0.2, 0.25) is 5.02 Å². The summed E-state index contributed by atoms with van der Waals surface area (Å²) in [5, 5.41) is 16.9. The van der Waals surface area contributed by atoms with Gasteiger partial charge in [-0.15, -0.1) is 0 Å². The van der Waals surface area contributed by atoms with Crippen molar-refractivity contribution in [2.75, 3.05) is 19.6 Å². The first-order chi connectivity index (χ1) is 11.1. The van der Waals surface area contributed by atoms with Crippen LogP contribution in [0.3, 0.4) is 0 Å². The van der Waals surface area contributed by atoms with Crippen molar-refractivity contribution in [3.8, 4) is 0 Å². The van der Waals surface area contributed by atoms with E-state index in [9.17, 15) is 9.59 Å². The number of Topliss-reactive ketones (excluding diaryl/α,β-unsaturated/α-hetero) is 1. The number of H-pyrrole nitrogens is 1. The maximum atomic E-state index is 12.4. The molecule has 1 aliphatic heterocycles. The molecule has 0 atom stereocenters. The normalized spacial score (nSPS) is 16.7. The minimum atomic E-state index is -0.721. The average Bonchev–Trinajstić information content (AvgIpc) is 3.03. The lowest BCUT2D eigenvalue weighted by atomic mass is 9.97. The van der Waals surface area contributed by atoms with Crippen molar-refractivity contribution in [3.05, 3.63) is 28.9 Å². The van der Waals surface area contributed by atoms with Gasteiger partial charge >= 0.3 is 5.97 Å². The zero-order chi connectivity index (χ0) is 16.4. The van der Waals surface area contributed by atoms with Gasteiger partial charge in [-0.05, 0) is 38.1 Å². The summed E-state index contributed by atoms with van der Waals surface area (Å²) in [4.78, 5) is 25.5. The summed E-state index contributed by atoms with van der Waals surface area (Å²) in [5.41, 5.74) is 1.32. The van der Waals surface area contributed by atoms with E-state index in [1.54, 1.807) is 18.3 Å². The predicted octanol–water partition coefficient (Wildman–Crippen LogP) is 2.59. The average molecular weight is 336 g/mol. The Bertz CT molecular complexity index is 735. The number of carbonyl (C=O) groups is 2. The molecule has 6 nitrogen and oxygen atoms in total. The number of hydrogen-bond donors (Lipinski definition) is 2. The second kappa shape index (κ2) is 6.68. The molecule has 0 radical (unpaired) electrons. The van der Waals surface area contributed by atoms with Gasteiger partial charge < -0.3 is 10.0 Å². The fourth-order valence-corrected chi connectivity index (χ4v) is 3.32. The van der Waals surface area contributed by atoms with Crippen molar-refractivity contribution in [3.63, 3.8) is 0 Å². The quantitative estimate of drug-likeness (QED) is 0.820. The van der Waals surface area contributed by atoms with E-state index in [-0.39, 0.29) is 11.7 Å². The Labute approximate surface area is 138 Å². The highest BCUT2D eigenvalue weighted by Crippen LogP contribution is 2.27. The molecule has 1 aliphatic rings. The van der Waals surface area contributed by atoms with Gasteiger partial charge in [-0.2, -0.15) is 5.10 Å². The maximum absolute atomic E-state index is 12.4. The van der Waals surface area contributed by atoms with Crippen LogP contribution in [0.4, 0.5) is 0 Å². The number of rotatable bonds is 5. The summed E-state index contributed by atoms with van der Waals surface area (Å²) in [6, 6.07) is 3.53. The Morgan fingerprint density at radius 3 is 2.78 bits per heavy atom. The molecular weight excluding hydrogens is 318 g/mol. The van der Waals surface area contributed by atoms with Crippen LogP contribution < -0.4 is 0 Å². The topological polar surface area (TPSA) is 86.3 Å². The van der Waals surface area contributed by atoms with Crippen LogP contribution in [0.5, 0.6) is 0 Å². The molecule has 1 saturated heterocycles. The Kier molecular flexibility index (Phi) is 4.63. The molecule has 1 fully saturated rings. The number of hydrogen-bond acceptors (Lipinski definition) is 4. The van der Waals surface area contributed by atoms with Crippen LogP contribution in [0.15, 0.2) is 18.3 Å². The molecule has 1 aromatic heterocycles. The van der Waals surface area contributed by atoms with E-state index in [4.69, 9.17) is 16.7 Å². The van der Waals surface area contributed by atoms with Crippen molar-refractivity contribution < 1.29 is 14.7 Å². The highest BCUT2D eigenvalue weighted by molar-refractivity contribution is 6.38. The van der Waals surface area contributed by atoms with Crippen molar-refractivity contribution in [1.29, 1.82) is 0 Å². The van der Waals surface area contributed by atoms with Crippen molar-refractivity contribution in [2.24, 2.45) is 5.92 Å². The summed E-state index contributed by atoms with van der Waals surface area (Å²) in [6.07, 6.45) is 3.28. The SMILES string of the molecule is O=C(CCN1CCC(C(=O)O)CC1)c1ccc2[nH]ncc2c1Cl. The number of nitrogens with zero attached hydrogens (tertiary/aromatic N) is 2. The third-order valence-corrected chi connectivity index (χ3v) is 4.86. The molecule has 122 valence electrons. The van der Waals surface area contributed by atoms with Gasteiger partial charge in [0.05, 0.1) is 22.7 Å². The minimum absolute atomic E-state index is 0.00143. The lowest BCUT2D eigenvalue weighted by Crippen LogP contribution is -2.37. The molecule has 3 rings (SSSR count). The molecule has 23 heavy (non-hydrogen) atoms. The number of aliphatic carboxylic acids is 1. The van der Waals surface area contributed by atoms with Crippen LogP contribution in [0.1, 0.15) is 29.6 Å². The monoisotopic (exact) mass is 335 g/mol. The highest BCUT2D eigenvalue weighted by Gasteiger charge is 2.24. The summed E-state index contributed by atoms with van der Waals surface area (Å²) in [5.74, 6) is -0.973. The number of carboxylic acid groups (broad SMARTS) is 1. The van der Waals surface area contributed by atoms with Crippen LogP contribution in [0.25, 0.3) is 10.9 Å². The fourth-order valence-electron chi connectivity index (χ4n) is 3.00. The number of ketones is 1. The fraction of sp³-hybridized carbons (Fsp3) is 0.438. The Hall–Kier alpha value is -1.92. The van der Waals surface area contributed by atoms with E-state index in [2.05, 4.69) is 15.1 Å². The highest BCUT2D eigenvalue weighted by atomic mass is 35.5. The molecule has 0 saturated carbocycles. The molecule has 1 aromatic carbocycles. The molecule has 7 heteroatoms. The number of piperidine rings is 1. The minimum Gasteiger partial charge on any atom is -0.481 e. The number of benzene rings is 1. The first-order valence-electron chi connectivity index (χ1n) is 7.66. The first-order valence-corrected chi connectivity index (χ1v) is 8.04. The van der Waals surface area contributed by atoms with Gasteiger partial charge in [0.2, 0.25) is 0 Å². The van der Waals surface area contributed by atoms with Crippen molar-refractivity contribution in [1.82, 2.24) is 15.1 Å². The first kappa shape index (κ1) is 16.0. The summed E-state index contributed by atoms with van der Waals surface area (Å²) >= 11 is 6.29. The number of carbonyl (C=O) groups excluding carboxylic acids is 1. The van der Waals surface area contributed by atoms with Crippen LogP contribution in [0, 0.1) is 5.92 Å². The Morgan fingerprint density at radius 2 is 2.09 bits per heavy atom. The molecular formula is C16H18ClN3O3. The van der Waals surface area contributed by atoms with Gasteiger partial charge in [0.15, 0.2) is 5.78 Å². The Morgan fingerprint density at radius 1 is 1.35 bits per heavy atom. The third kappa shape index (κ3) is 3.38. The lowest BCUT2D eigenvalue weighted by molar-refractivity contribution is -0.143. The van der Waals surface area contributed by atoms with E-state index in [1.165, 1.54) is 0 Å². The number of halogens is 1. The van der Waals surface area contributed by atoms with Gasteiger partial charge in [-0.1, -0.05) is 11.6 Å². The summed E-state index contributed by atoms with van der Waals surface area (Å²) in [6.45, 7) is 2.07. The number of fused-ring (bicyclic) bond motifs is 1. The maximum Gasteiger partial charge on any atom is 0.306 e. The standard InChI is InChI=1S/C16H18ClN3O3/c17-15-11(1-2-13-12(15)9-18-19-13)14(21)5-8-20-6-3-10(4-7-20)16(22)23/h1-2,9-10H,3-8H2,(H,18,19)(H,22,23). The molecule has 0 unspecified atom stereocenters. The second-order valence-electron chi connectivity index (χ2n) is 5.89. The predicted molar refractivity (Wildman–Crippen MR) is 86.9 cm³/mol. The number of carboxylic acids is 1. The van der Waals surface area contributed by atoms with Crippen molar-refractivity contribution >= 4 is 34.3 Å². The van der Waals surface area contributed by atoms with Crippen LogP contribution in [-0.4, -0.2) is 51.6 Å². The third-order valence-electron chi connectivity index (χ3n) is 4.45. The molecule has 0 aliphatic carbocycles. The number of aromatic nitrogens is 2. The van der Waals surface area contributed by atoms with Crippen LogP contribution >= 0.6 is 11.6 Å². The zero-order valence-corrected chi connectivity index (χ0v) is 13.3. The van der Waals surface area contributed by atoms with Crippen LogP contribution in [-0.2, 0) is 4.79 Å². The van der Waals surface area contributed by atoms with Crippen molar-refractivity contribution in [2.45, 2.75) is 19.3 Å². The molecule has 0 amide bonds. The van der Waals surface area contributed by atoms with Gasteiger partial charge in [0.1, 0.15) is 0 Å². The number of aromatic amines is 1. The lowest BCUT2D eigenvalue weighted by Gasteiger charge is -2.29. The molecule has 0 spiro atoms. The summed E-state index contributed by atoms with van der Waals surface area (Å²) < 4.78 is 0. The van der Waals surface area contributed by atoms with E-state index in [0.717, 1.165) is 24.0 Å². The van der Waals surface area contributed by atoms with Gasteiger partial charge in [0, 0.05) is 23.9 Å². The molecule has 2 N–H and O–H groups in total. The largest absolute Gasteiger partial charge is 0.481 e. The molecule has 0 bridgehead atoms. The molecule has 2 heterocycles. The molecule has 2 aromatic rings. The van der Waals surface area contributed by atoms with E-state index < -0.39 is 5.97 Å². The number of nitrogens with one attached hydrogen (secondary N) is 1. The Balaban J connectivity index is 1.59. The smallest absolute Gasteiger partial charge is 0.306 e. The van der Waals surface area contributed by atoms with E-state index in [1.807, 2.05) is 0 Å². The van der Waals surface area contributed by atoms with Gasteiger partial charge in [0.25, 0.3) is 0 Å².